The molecule has 1 aliphatic carbocycles. The van der Waals surface area contributed by atoms with Gasteiger partial charge in [0.25, 0.3) is 5.56 Å². The molecular formula is C10H14BrN3O2. The Morgan fingerprint density at radius 1 is 1.69 bits per heavy atom. The molecular weight excluding hydrogens is 274 g/mol. The van der Waals surface area contributed by atoms with E-state index in [0.717, 1.165) is 19.4 Å². The number of H-pyrrole nitrogens is 1. The third-order valence-corrected chi connectivity index (χ3v) is 3.60. The molecule has 1 aliphatic rings. The first kappa shape index (κ1) is 11.6. The lowest BCUT2D eigenvalue weighted by atomic mass is 9.82. The number of aliphatic hydroxyl groups excluding tert-OH is 1. The zero-order valence-electron chi connectivity index (χ0n) is 8.98. The molecule has 0 saturated heterocycles. The molecule has 0 aliphatic heterocycles. The van der Waals surface area contributed by atoms with Crippen molar-refractivity contribution in [3.05, 3.63) is 21.2 Å². The van der Waals surface area contributed by atoms with Gasteiger partial charge in [-0.1, -0.05) is 0 Å². The van der Waals surface area contributed by atoms with Crippen LogP contribution in [0.1, 0.15) is 12.8 Å². The molecule has 6 heteroatoms. The van der Waals surface area contributed by atoms with Crippen molar-refractivity contribution in [3.63, 3.8) is 0 Å². The van der Waals surface area contributed by atoms with Gasteiger partial charge in [0.15, 0.2) is 0 Å². The molecule has 1 heterocycles. The van der Waals surface area contributed by atoms with Crippen LogP contribution >= 0.6 is 15.9 Å². The third-order valence-electron chi connectivity index (χ3n) is 2.88. The van der Waals surface area contributed by atoms with Crippen LogP contribution in [0, 0.1) is 5.92 Å². The van der Waals surface area contributed by atoms with Crippen LogP contribution in [0.15, 0.2) is 15.6 Å². The van der Waals surface area contributed by atoms with Crippen molar-refractivity contribution >= 4 is 21.7 Å². The lowest BCUT2D eigenvalue weighted by Crippen LogP contribution is -2.37. The van der Waals surface area contributed by atoms with Gasteiger partial charge >= 0.3 is 0 Å². The van der Waals surface area contributed by atoms with Crippen molar-refractivity contribution in [3.8, 4) is 0 Å². The number of aliphatic hydroxyl groups is 1. The molecule has 0 amide bonds. The highest BCUT2D eigenvalue weighted by molar-refractivity contribution is 9.10. The number of aromatic amines is 1. The molecule has 0 unspecified atom stereocenters. The molecule has 0 atom stereocenters. The van der Waals surface area contributed by atoms with Gasteiger partial charge in [-0.25, -0.2) is 4.98 Å². The van der Waals surface area contributed by atoms with Crippen molar-refractivity contribution in [2.45, 2.75) is 18.9 Å². The largest absolute Gasteiger partial charge is 0.393 e. The highest BCUT2D eigenvalue weighted by atomic mass is 79.9. The van der Waals surface area contributed by atoms with Crippen LogP contribution < -0.4 is 10.5 Å². The number of rotatable bonds is 3. The van der Waals surface area contributed by atoms with Gasteiger partial charge in [-0.15, -0.1) is 0 Å². The average Bonchev–Trinajstić information content (AvgIpc) is 2.19. The second kappa shape index (κ2) is 4.55. The normalized spacial score (nSPS) is 23.9. The molecule has 0 spiro atoms. The molecule has 0 radical (unpaired) electrons. The van der Waals surface area contributed by atoms with Gasteiger partial charge in [-0.2, -0.15) is 0 Å². The maximum absolute atomic E-state index is 11.4. The number of hydrogen-bond acceptors (Lipinski definition) is 4. The summed E-state index contributed by atoms with van der Waals surface area (Å²) in [5, 5.41) is 9.20. The molecule has 5 nitrogen and oxygen atoms in total. The van der Waals surface area contributed by atoms with E-state index in [1.165, 1.54) is 6.33 Å². The summed E-state index contributed by atoms with van der Waals surface area (Å²) in [4.78, 5) is 19.9. The molecule has 16 heavy (non-hydrogen) atoms. The fourth-order valence-electron chi connectivity index (χ4n) is 1.96. The predicted molar refractivity (Wildman–Crippen MR) is 64.6 cm³/mol. The zero-order chi connectivity index (χ0) is 11.7. The van der Waals surface area contributed by atoms with E-state index in [4.69, 9.17) is 0 Å². The molecule has 0 bridgehead atoms. The fraction of sp³-hybridized carbons (Fsp3) is 0.600. The molecule has 1 aromatic heterocycles. The van der Waals surface area contributed by atoms with Crippen LogP contribution in [0.2, 0.25) is 0 Å². The topological polar surface area (TPSA) is 69.2 Å². The van der Waals surface area contributed by atoms with Crippen molar-refractivity contribution in [1.82, 2.24) is 9.97 Å². The van der Waals surface area contributed by atoms with E-state index in [1.807, 2.05) is 11.9 Å². The van der Waals surface area contributed by atoms with E-state index in [-0.39, 0.29) is 11.7 Å². The van der Waals surface area contributed by atoms with Crippen LogP contribution in [-0.4, -0.2) is 34.8 Å². The summed E-state index contributed by atoms with van der Waals surface area (Å²) < 4.78 is 0.456. The molecule has 1 aromatic rings. The summed E-state index contributed by atoms with van der Waals surface area (Å²) in [6.07, 6.45) is 2.93. The Bertz CT molecular complexity index is 428. The number of aromatic nitrogens is 2. The highest BCUT2D eigenvalue weighted by Crippen LogP contribution is 2.29. The highest BCUT2D eigenvalue weighted by Gasteiger charge is 2.28. The average molecular weight is 288 g/mol. The van der Waals surface area contributed by atoms with Gasteiger partial charge in [0.1, 0.15) is 10.3 Å². The van der Waals surface area contributed by atoms with E-state index < -0.39 is 0 Å². The Morgan fingerprint density at radius 3 is 3.00 bits per heavy atom. The van der Waals surface area contributed by atoms with E-state index in [0.29, 0.717) is 16.2 Å². The maximum Gasteiger partial charge on any atom is 0.267 e. The summed E-state index contributed by atoms with van der Waals surface area (Å²) in [5.74, 6) is 1.14. The van der Waals surface area contributed by atoms with E-state index in [1.54, 1.807) is 0 Å². The first-order valence-electron chi connectivity index (χ1n) is 5.20. The number of hydrogen-bond donors (Lipinski definition) is 2. The van der Waals surface area contributed by atoms with E-state index >= 15 is 0 Å². The first-order chi connectivity index (χ1) is 7.58. The number of anilines is 1. The van der Waals surface area contributed by atoms with Crippen LogP contribution in [-0.2, 0) is 0 Å². The van der Waals surface area contributed by atoms with Crippen molar-refractivity contribution in [2.24, 2.45) is 5.92 Å². The Kier molecular flexibility index (Phi) is 3.30. The fourth-order valence-corrected chi connectivity index (χ4v) is 2.48. The predicted octanol–water partition coefficient (Wildman–Crippen LogP) is 0.739. The molecule has 1 saturated carbocycles. The molecule has 1 fully saturated rings. The maximum atomic E-state index is 11.4. The molecule has 88 valence electrons. The van der Waals surface area contributed by atoms with Gasteiger partial charge in [0.05, 0.1) is 12.4 Å². The monoisotopic (exact) mass is 287 g/mol. The van der Waals surface area contributed by atoms with Crippen LogP contribution in [0.4, 0.5) is 5.82 Å². The van der Waals surface area contributed by atoms with E-state index in [9.17, 15) is 9.90 Å². The number of nitrogens with zero attached hydrogens (tertiary/aromatic N) is 2. The molecule has 0 aromatic carbocycles. The van der Waals surface area contributed by atoms with Gasteiger partial charge in [-0.3, -0.25) is 4.79 Å². The Morgan fingerprint density at radius 2 is 2.38 bits per heavy atom. The summed E-state index contributed by atoms with van der Waals surface area (Å²) in [6, 6.07) is 0. The Labute approximate surface area is 102 Å². The van der Waals surface area contributed by atoms with Crippen LogP contribution in [0.25, 0.3) is 0 Å². The van der Waals surface area contributed by atoms with E-state index in [2.05, 4.69) is 25.9 Å². The van der Waals surface area contributed by atoms with Gasteiger partial charge in [-0.05, 0) is 34.7 Å². The standard InChI is InChI=1S/C10H14BrN3O2/c1-14(4-6-2-7(15)3-6)9-8(11)10(16)13-5-12-9/h5-7,15H,2-4H2,1H3,(H,12,13,16). The first-order valence-corrected chi connectivity index (χ1v) is 5.99. The van der Waals surface area contributed by atoms with Crippen molar-refractivity contribution in [2.75, 3.05) is 18.5 Å². The third kappa shape index (κ3) is 2.27. The summed E-state index contributed by atoms with van der Waals surface area (Å²) >= 11 is 3.23. The van der Waals surface area contributed by atoms with Gasteiger partial charge < -0.3 is 15.0 Å². The molecule has 2 rings (SSSR count). The van der Waals surface area contributed by atoms with Gasteiger partial charge in [0, 0.05) is 13.6 Å². The van der Waals surface area contributed by atoms with Crippen LogP contribution in [0.3, 0.4) is 0 Å². The minimum absolute atomic E-state index is 0.144. The minimum atomic E-state index is -0.175. The number of nitrogens with one attached hydrogen (secondary N) is 1. The quantitative estimate of drug-likeness (QED) is 0.860. The second-order valence-electron chi connectivity index (χ2n) is 4.24. The lowest BCUT2D eigenvalue weighted by molar-refractivity contribution is 0.0464. The summed E-state index contributed by atoms with van der Waals surface area (Å²) in [5.41, 5.74) is -0.175. The summed E-state index contributed by atoms with van der Waals surface area (Å²) in [7, 11) is 1.90. The van der Waals surface area contributed by atoms with Crippen molar-refractivity contribution in [1.29, 1.82) is 0 Å². The Hall–Kier alpha value is -0.880. The molecule has 2 N–H and O–H groups in total. The van der Waals surface area contributed by atoms with Crippen LogP contribution in [0.5, 0.6) is 0 Å². The Balaban J connectivity index is 2.06. The lowest BCUT2D eigenvalue weighted by Gasteiger charge is -2.34. The summed E-state index contributed by atoms with van der Waals surface area (Å²) in [6.45, 7) is 0.812. The van der Waals surface area contributed by atoms with Gasteiger partial charge in [0.2, 0.25) is 0 Å². The minimum Gasteiger partial charge on any atom is -0.393 e. The van der Waals surface area contributed by atoms with Crippen molar-refractivity contribution < 1.29 is 5.11 Å². The zero-order valence-corrected chi connectivity index (χ0v) is 10.6. The number of halogens is 1. The smallest absolute Gasteiger partial charge is 0.267 e. The SMILES string of the molecule is CN(CC1CC(O)C1)c1nc[nH]c(=O)c1Br. The second-order valence-corrected chi connectivity index (χ2v) is 5.03.